The molecule has 0 radical (unpaired) electrons. The van der Waals surface area contributed by atoms with E-state index in [4.69, 9.17) is 9.73 Å². The van der Waals surface area contributed by atoms with Crippen LogP contribution in [0.1, 0.15) is 57.6 Å². The zero-order valence-corrected chi connectivity index (χ0v) is 20.6. The number of guanidine groups is 1. The molecule has 0 amide bonds. The van der Waals surface area contributed by atoms with Crippen LogP contribution in [0.15, 0.2) is 29.3 Å². The van der Waals surface area contributed by atoms with Gasteiger partial charge in [-0.05, 0) is 44.2 Å². The smallest absolute Gasteiger partial charge is 0.191 e. The molecular formula is C21H36IN3O2S. The second kappa shape index (κ2) is 14.3. The van der Waals surface area contributed by atoms with Crippen molar-refractivity contribution >= 4 is 40.7 Å². The van der Waals surface area contributed by atoms with E-state index in [-0.39, 0.29) is 24.0 Å². The highest BCUT2D eigenvalue weighted by Gasteiger charge is 2.25. The topological polar surface area (TPSA) is 62.7 Å². The molecule has 160 valence electrons. The molecule has 7 heteroatoms. The summed E-state index contributed by atoms with van der Waals surface area (Å²) in [6, 6.07) is 8.79. The zero-order chi connectivity index (χ0) is 19.5. The van der Waals surface area contributed by atoms with Gasteiger partial charge in [0.15, 0.2) is 5.96 Å². The van der Waals surface area contributed by atoms with Crippen molar-refractivity contribution in [1.82, 2.24) is 10.6 Å². The van der Waals surface area contributed by atoms with Gasteiger partial charge in [0.1, 0.15) is 0 Å². The lowest BCUT2D eigenvalue weighted by molar-refractivity contribution is 0.134. The Kier molecular flexibility index (Phi) is 13.0. The molecule has 2 rings (SSSR count). The number of hydrogen-bond donors (Lipinski definition) is 2. The second-order valence-electron chi connectivity index (χ2n) is 6.95. The second-order valence-corrected chi connectivity index (χ2v) is 8.95. The van der Waals surface area contributed by atoms with E-state index in [2.05, 4.69) is 41.8 Å². The number of nitrogens with zero attached hydrogens (tertiary/aromatic N) is 1. The van der Waals surface area contributed by atoms with Crippen LogP contribution in [0.2, 0.25) is 0 Å². The maximum atomic E-state index is 12.2. The Balaban J connectivity index is 0.00000392. The van der Waals surface area contributed by atoms with Crippen molar-refractivity contribution in [3.8, 4) is 0 Å². The number of hydrogen-bond acceptors (Lipinski definition) is 3. The SMILES string of the molecule is CCNC(=NCc1ccc(COCC)cc1)NC1CCCC(S(=O)CC)C1.I. The Morgan fingerprint density at radius 3 is 2.54 bits per heavy atom. The molecule has 1 aliphatic carbocycles. The third kappa shape index (κ3) is 8.78. The average Bonchev–Trinajstić information content (AvgIpc) is 2.71. The highest BCUT2D eigenvalue weighted by Crippen LogP contribution is 2.23. The van der Waals surface area contributed by atoms with Gasteiger partial charge in [0, 0.05) is 41.0 Å². The molecule has 3 atom stereocenters. The molecule has 1 aromatic rings. The third-order valence-corrected chi connectivity index (χ3v) is 6.62. The fourth-order valence-corrected chi connectivity index (χ4v) is 4.74. The molecular weight excluding hydrogens is 485 g/mol. The van der Waals surface area contributed by atoms with Crippen molar-refractivity contribution < 1.29 is 8.95 Å². The van der Waals surface area contributed by atoms with Crippen molar-refractivity contribution in [1.29, 1.82) is 0 Å². The summed E-state index contributed by atoms with van der Waals surface area (Å²) in [4.78, 5) is 4.75. The summed E-state index contributed by atoms with van der Waals surface area (Å²) in [6.07, 6.45) is 4.31. The molecule has 1 aromatic carbocycles. The van der Waals surface area contributed by atoms with E-state index >= 15 is 0 Å². The number of rotatable bonds is 9. The molecule has 1 saturated carbocycles. The lowest BCUT2D eigenvalue weighted by Gasteiger charge is -2.30. The van der Waals surface area contributed by atoms with Crippen molar-refractivity contribution in [3.05, 3.63) is 35.4 Å². The van der Waals surface area contributed by atoms with Gasteiger partial charge in [-0.25, -0.2) is 4.99 Å². The van der Waals surface area contributed by atoms with E-state index in [0.717, 1.165) is 50.5 Å². The summed E-state index contributed by atoms with van der Waals surface area (Å²) in [5.41, 5.74) is 2.37. The summed E-state index contributed by atoms with van der Waals surface area (Å²) < 4.78 is 17.6. The molecule has 0 aliphatic heterocycles. The molecule has 28 heavy (non-hydrogen) atoms. The highest BCUT2D eigenvalue weighted by molar-refractivity contribution is 14.0. The summed E-state index contributed by atoms with van der Waals surface area (Å²) in [6.45, 7) is 8.96. The predicted molar refractivity (Wildman–Crippen MR) is 130 cm³/mol. The van der Waals surface area contributed by atoms with Crippen LogP contribution < -0.4 is 10.6 Å². The Bertz CT molecular complexity index is 610. The van der Waals surface area contributed by atoms with Gasteiger partial charge in [-0.3, -0.25) is 4.21 Å². The minimum Gasteiger partial charge on any atom is -0.377 e. The van der Waals surface area contributed by atoms with Crippen molar-refractivity contribution in [2.24, 2.45) is 4.99 Å². The van der Waals surface area contributed by atoms with Crippen LogP contribution in [-0.4, -0.2) is 40.4 Å². The fourth-order valence-electron chi connectivity index (χ4n) is 3.40. The summed E-state index contributed by atoms with van der Waals surface area (Å²) >= 11 is 0. The first-order chi connectivity index (χ1) is 13.2. The van der Waals surface area contributed by atoms with Gasteiger partial charge in [0.2, 0.25) is 0 Å². The normalized spacial score (nSPS) is 20.9. The summed E-state index contributed by atoms with van der Waals surface area (Å²) in [5.74, 6) is 1.61. The van der Waals surface area contributed by atoms with Crippen molar-refractivity contribution in [2.75, 3.05) is 18.9 Å². The Morgan fingerprint density at radius 2 is 1.89 bits per heavy atom. The van der Waals surface area contributed by atoms with Crippen LogP contribution >= 0.6 is 24.0 Å². The lowest BCUT2D eigenvalue weighted by atomic mass is 9.95. The van der Waals surface area contributed by atoms with E-state index in [1.165, 1.54) is 11.1 Å². The first-order valence-corrected chi connectivity index (χ1v) is 11.6. The molecule has 0 spiro atoms. The number of nitrogens with one attached hydrogen (secondary N) is 2. The van der Waals surface area contributed by atoms with Gasteiger partial charge in [-0.2, -0.15) is 0 Å². The van der Waals surface area contributed by atoms with E-state index in [9.17, 15) is 4.21 Å². The van der Waals surface area contributed by atoms with Crippen molar-refractivity contribution in [2.45, 2.75) is 70.9 Å². The van der Waals surface area contributed by atoms with E-state index in [1.54, 1.807) is 0 Å². The molecule has 0 aromatic heterocycles. The maximum Gasteiger partial charge on any atom is 0.191 e. The quantitative estimate of drug-likeness (QED) is 0.293. The van der Waals surface area contributed by atoms with Gasteiger partial charge in [0.25, 0.3) is 0 Å². The molecule has 1 fully saturated rings. The van der Waals surface area contributed by atoms with E-state index in [1.807, 2.05) is 13.8 Å². The Morgan fingerprint density at radius 1 is 1.18 bits per heavy atom. The fraction of sp³-hybridized carbons (Fsp3) is 0.667. The van der Waals surface area contributed by atoms with Crippen molar-refractivity contribution in [3.63, 3.8) is 0 Å². The Hall–Kier alpha value is -0.670. The van der Waals surface area contributed by atoms with Gasteiger partial charge >= 0.3 is 0 Å². The van der Waals surface area contributed by atoms with Gasteiger partial charge < -0.3 is 15.4 Å². The predicted octanol–water partition coefficient (Wildman–Crippen LogP) is 3.98. The molecule has 1 aliphatic rings. The lowest BCUT2D eigenvalue weighted by Crippen LogP contribution is -2.46. The molecule has 2 N–H and O–H groups in total. The first kappa shape index (κ1) is 25.4. The number of aliphatic imine (C=N–C) groups is 1. The number of ether oxygens (including phenoxy) is 1. The molecule has 3 unspecified atom stereocenters. The Labute approximate surface area is 190 Å². The zero-order valence-electron chi connectivity index (χ0n) is 17.4. The third-order valence-electron chi connectivity index (χ3n) is 4.88. The van der Waals surface area contributed by atoms with Crippen LogP contribution in [-0.2, 0) is 28.7 Å². The maximum absolute atomic E-state index is 12.2. The molecule has 0 bridgehead atoms. The van der Waals surface area contributed by atoms with E-state index < -0.39 is 10.8 Å². The minimum absolute atomic E-state index is 0. The van der Waals surface area contributed by atoms with E-state index in [0.29, 0.717) is 24.4 Å². The standard InChI is InChI=1S/C21H35N3O2S.HI/c1-4-22-21(24-19-8-7-9-20(14-19)27(25)6-3)23-15-17-10-12-18(13-11-17)16-26-5-2;/h10-13,19-20H,4-9,14-16H2,1-3H3,(H2,22,23,24);1H. The molecule has 0 saturated heterocycles. The van der Waals surface area contributed by atoms with Crippen LogP contribution in [0, 0.1) is 0 Å². The van der Waals surface area contributed by atoms with Crippen LogP contribution in [0.5, 0.6) is 0 Å². The first-order valence-electron chi connectivity index (χ1n) is 10.2. The number of benzene rings is 1. The highest BCUT2D eigenvalue weighted by atomic mass is 127. The monoisotopic (exact) mass is 521 g/mol. The van der Waals surface area contributed by atoms with Gasteiger partial charge in [0.05, 0.1) is 13.2 Å². The van der Waals surface area contributed by atoms with Gasteiger partial charge in [-0.15, -0.1) is 24.0 Å². The average molecular weight is 522 g/mol. The summed E-state index contributed by atoms with van der Waals surface area (Å²) in [5, 5.41) is 7.22. The van der Waals surface area contributed by atoms with Crippen LogP contribution in [0.4, 0.5) is 0 Å². The molecule has 5 nitrogen and oxygen atoms in total. The summed E-state index contributed by atoms with van der Waals surface area (Å²) in [7, 11) is -0.702. The number of halogens is 1. The molecule has 0 heterocycles. The van der Waals surface area contributed by atoms with Crippen LogP contribution in [0.3, 0.4) is 0 Å². The van der Waals surface area contributed by atoms with Crippen LogP contribution in [0.25, 0.3) is 0 Å². The minimum atomic E-state index is -0.702. The largest absolute Gasteiger partial charge is 0.377 e. The van der Waals surface area contributed by atoms with Gasteiger partial charge in [-0.1, -0.05) is 37.6 Å².